The summed E-state index contributed by atoms with van der Waals surface area (Å²) in [4.78, 5) is 13.7. The van der Waals surface area contributed by atoms with Gasteiger partial charge in [-0.2, -0.15) is 0 Å². The number of methoxy groups -OCH3 is 1. The van der Waals surface area contributed by atoms with E-state index in [1.54, 1.807) is 7.11 Å². The zero-order chi connectivity index (χ0) is 15.5. The molecule has 1 N–H and O–H groups in total. The third kappa shape index (κ3) is 3.21. The van der Waals surface area contributed by atoms with Gasteiger partial charge in [-0.3, -0.25) is 9.69 Å². The van der Waals surface area contributed by atoms with Crippen LogP contribution in [0.25, 0.3) is 0 Å². The van der Waals surface area contributed by atoms with Crippen LogP contribution in [-0.4, -0.2) is 41.7 Å². The van der Waals surface area contributed by atoms with Gasteiger partial charge in [-0.15, -0.1) is 0 Å². The molecule has 1 aromatic carbocycles. The fourth-order valence-corrected chi connectivity index (χ4v) is 3.66. The number of carboxylic acids is 1. The number of hydrogen-bond donors (Lipinski definition) is 1. The molecule has 0 bridgehead atoms. The number of aliphatic carboxylic acids is 1. The Balaban J connectivity index is 2.37. The number of hydrogen-bond acceptors (Lipinski definition) is 3. The van der Waals surface area contributed by atoms with E-state index in [9.17, 15) is 9.90 Å². The van der Waals surface area contributed by atoms with E-state index in [0.29, 0.717) is 0 Å². The Morgan fingerprint density at radius 1 is 1.33 bits per heavy atom. The highest BCUT2D eigenvalue weighted by Gasteiger charge is 2.40. The smallest absolute Gasteiger partial charge is 0.305 e. The van der Waals surface area contributed by atoms with Crippen molar-refractivity contribution in [1.82, 2.24) is 4.90 Å². The van der Waals surface area contributed by atoms with E-state index in [1.807, 2.05) is 6.07 Å². The van der Waals surface area contributed by atoms with E-state index >= 15 is 0 Å². The zero-order valence-corrected chi connectivity index (χ0v) is 13.2. The van der Waals surface area contributed by atoms with Crippen molar-refractivity contribution in [3.8, 4) is 5.75 Å². The molecule has 2 rings (SSSR count). The SMILES string of the molecule is CCN(CC)C1(CC(=O)O)CCc2ccc(OC)cc2C1. The summed E-state index contributed by atoms with van der Waals surface area (Å²) in [7, 11) is 1.67. The van der Waals surface area contributed by atoms with Crippen LogP contribution < -0.4 is 4.74 Å². The molecule has 1 aliphatic carbocycles. The van der Waals surface area contributed by atoms with E-state index in [0.717, 1.165) is 38.1 Å². The maximum absolute atomic E-state index is 11.4. The van der Waals surface area contributed by atoms with Gasteiger partial charge in [0.05, 0.1) is 13.5 Å². The van der Waals surface area contributed by atoms with Crippen molar-refractivity contribution in [2.75, 3.05) is 20.2 Å². The van der Waals surface area contributed by atoms with Crippen LogP contribution in [0.2, 0.25) is 0 Å². The molecule has 1 aromatic rings. The molecular formula is C17H25NO3. The fourth-order valence-electron chi connectivity index (χ4n) is 3.66. The highest BCUT2D eigenvalue weighted by Crippen LogP contribution is 2.37. The second-order valence-corrected chi connectivity index (χ2v) is 5.78. The number of fused-ring (bicyclic) bond motifs is 1. The molecule has 0 aliphatic heterocycles. The van der Waals surface area contributed by atoms with Gasteiger partial charge in [0.2, 0.25) is 0 Å². The molecule has 0 fully saturated rings. The second-order valence-electron chi connectivity index (χ2n) is 5.78. The van der Waals surface area contributed by atoms with Gasteiger partial charge < -0.3 is 9.84 Å². The van der Waals surface area contributed by atoms with Crippen LogP contribution in [0.1, 0.15) is 37.8 Å². The molecule has 1 aliphatic rings. The summed E-state index contributed by atoms with van der Waals surface area (Å²) in [6, 6.07) is 6.16. The Morgan fingerprint density at radius 3 is 2.62 bits per heavy atom. The number of ether oxygens (including phenoxy) is 1. The Morgan fingerprint density at radius 2 is 2.05 bits per heavy atom. The maximum Gasteiger partial charge on any atom is 0.305 e. The second kappa shape index (κ2) is 6.48. The van der Waals surface area contributed by atoms with Crippen LogP contribution in [0.3, 0.4) is 0 Å². The van der Waals surface area contributed by atoms with Crippen molar-refractivity contribution >= 4 is 5.97 Å². The average molecular weight is 291 g/mol. The number of nitrogens with zero attached hydrogens (tertiary/aromatic N) is 1. The van der Waals surface area contributed by atoms with E-state index < -0.39 is 5.97 Å². The monoisotopic (exact) mass is 291 g/mol. The topological polar surface area (TPSA) is 49.8 Å². The first-order chi connectivity index (χ1) is 10.0. The number of likely N-dealkylation sites (N-methyl/N-ethyl adjacent to an activating group) is 1. The average Bonchev–Trinajstić information content (AvgIpc) is 2.47. The van der Waals surface area contributed by atoms with Gasteiger partial charge in [0, 0.05) is 5.54 Å². The molecule has 4 nitrogen and oxygen atoms in total. The number of carboxylic acid groups (broad SMARTS) is 1. The van der Waals surface area contributed by atoms with Crippen molar-refractivity contribution in [3.05, 3.63) is 29.3 Å². The summed E-state index contributed by atoms with van der Waals surface area (Å²) in [5.74, 6) is 0.132. The lowest BCUT2D eigenvalue weighted by atomic mass is 9.74. The van der Waals surface area contributed by atoms with Gasteiger partial charge in [-0.05, 0) is 55.6 Å². The predicted molar refractivity (Wildman–Crippen MR) is 82.9 cm³/mol. The summed E-state index contributed by atoms with van der Waals surface area (Å²) >= 11 is 0. The van der Waals surface area contributed by atoms with Crippen LogP contribution in [-0.2, 0) is 17.6 Å². The lowest BCUT2D eigenvalue weighted by Gasteiger charge is -2.45. The molecule has 1 atom stereocenters. The Labute approximate surface area is 126 Å². The highest BCUT2D eigenvalue weighted by atomic mass is 16.5. The third-order valence-corrected chi connectivity index (χ3v) is 4.71. The van der Waals surface area contributed by atoms with Gasteiger partial charge in [0.1, 0.15) is 5.75 Å². The van der Waals surface area contributed by atoms with E-state index in [1.165, 1.54) is 11.1 Å². The molecule has 0 heterocycles. The number of rotatable bonds is 6. The van der Waals surface area contributed by atoms with Crippen LogP contribution in [0.4, 0.5) is 0 Å². The molecule has 21 heavy (non-hydrogen) atoms. The van der Waals surface area contributed by atoms with Gasteiger partial charge >= 0.3 is 5.97 Å². The zero-order valence-electron chi connectivity index (χ0n) is 13.2. The lowest BCUT2D eigenvalue weighted by Crippen LogP contribution is -2.53. The Bertz CT molecular complexity index is 511. The number of aryl methyl sites for hydroxylation is 1. The number of carbonyl (C=O) groups is 1. The molecule has 0 saturated heterocycles. The van der Waals surface area contributed by atoms with Gasteiger partial charge in [-0.1, -0.05) is 19.9 Å². The largest absolute Gasteiger partial charge is 0.497 e. The Hall–Kier alpha value is -1.55. The normalized spacial score (nSPS) is 21.1. The predicted octanol–water partition coefficient (Wildman–Crippen LogP) is 2.74. The molecule has 116 valence electrons. The van der Waals surface area contributed by atoms with E-state index in [-0.39, 0.29) is 12.0 Å². The highest BCUT2D eigenvalue weighted by molar-refractivity contribution is 5.68. The van der Waals surface area contributed by atoms with Crippen molar-refractivity contribution in [2.24, 2.45) is 0 Å². The molecule has 1 unspecified atom stereocenters. The van der Waals surface area contributed by atoms with Crippen molar-refractivity contribution in [2.45, 2.75) is 45.1 Å². The quantitative estimate of drug-likeness (QED) is 0.875. The van der Waals surface area contributed by atoms with Gasteiger partial charge in [-0.25, -0.2) is 0 Å². The van der Waals surface area contributed by atoms with Crippen molar-refractivity contribution in [3.63, 3.8) is 0 Å². The minimum absolute atomic E-state index is 0.200. The fraction of sp³-hybridized carbons (Fsp3) is 0.588. The third-order valence-electron chi connectivity index (χ3n) is 4.71. The maximum atomic E-state index is 11.4. The molecule has 0 saturated carbocycles. The molecule has 0 aromatic heterocycles. The lowest BCUT2D eigenvalue weighted by molar-refractivity contribution is -0.140. The number of benzene rings is 1. The van der Waals surface area contributed by atoms with E-state index in [4.69, 9.17) is 4.74 Å². The first kappa shape index (κ1) is 15.8. The minimum Gasteiger partial charge on any atom is -0.497 e. The first-order valence-corrected chi connectivity index (χ1v) is 7.67. The molecule has 0 radical (unpaired) electrons. The molecule has 0 amide bonds. The summed E-state index contributed by atoms with van der Waals surface area (Å²) in [5, 5.41) is 9.37. The first-order valence-electron chi connectivity index (χ1n) is 7.67. The van der Waals surface area contributed by atoms with Crippen molar-refractivity contribution < 1.29 is 14.6 Å². The van der Waals surface area contributed by atoms with Crippen molar-refractivity contribution in [1.29, 1.82) is 0 Å². The Kier molecular flexibility index (Phi) is 4.88. The minimum atomic E-state index is -0.715. The van der Waals surface area contributed by atoms with Crippen LogP contribution >= 0.6 is 0 Å². The van der Waals surface area contributed by atoms with Gasteiger partial charge in [0.15, 0.2) is 0 Å². The standard InChI is InChI=1S/C17H25NO3/c1-4-18(5-2)17(12-16(19)20)9-8-13-6-7-15(21-3)10-14(13)11-17/h6-7,10H,4-5,8-9,11-12H2,1-3H3,(H,19,20). The van der Waals surface area contributed by atoms with Gasteiger partial charge in [0.25, 0.3) is 0 Å². The van der Waals surface area contributed by atoms with E-state index in [2.05, 4.69) is 30.9 Å². The van der Waals surface area contributed by atoms with Crippen LogP contribution in [0.15, 0.2) is 18.2 Å². The van der Waals surface area contributed by atoms with Crippen LogP contribution in [0, 0.1) is 0 Å². The summed E-state index contributed by atoms with van der Waals surface area (Å²) in [6.07, 6.45) is 2.82. The summed E-state index contributed by atoms with van der Waals surface area (Å²) in [5.41, 5.74) is 2.28. The molecular weight excluding hydrogens is 266 g/mol. The summed E-state index contributed by atoms with van der Waals surface area (Å²) < 4.78 is 5.31. The summed E-state index contributed by atoms with van der Waals surface area (Å²) in [6.45, 7) is 5.97. The molecule has 4 heteroatoms. The van der Waals surface area contributed by atoms with Crippen LogP contribution in [0.5, 0.6) is 5.75 Å². The molecule has 0 spiro atoms.